The number of anilines is 1. The molecule has 0 aliphatic rings. The molecule has 0 aliphatic carbocycles. The lowest BCUT2D eigenvalue weighted by molar-refractivity contribution is 0.456. The molecule has 3 nitrogen and oxygen atoms in total. The van der Waals surface area contributed by atoms with Gasteiger partial charge in [0.2, 0.25) is 0 Å². The Labute approximate surface area is 152 Å². The zero-order chi connectivity index (χ0) is 18.0. The summed E-state index contributed by atoms with van der Waals surface area (Å²) in [6, 6.07) is 16.6. The van der Waals surface area contributed by atoms with Crippen LogP contribution in [0.1, 0.15) is 22.3 Å². The molecule has 0 atom stereocenters. The summed E-state index contributed by atoms with van der Waals surface area (Å²) in [5.41, 5.74) is 10.4. The molecule has 3 N–H and O–H groups in total. The molecule has 0 aromatic heterocycles. The van der Waals surface area contributed by atoms with Gasteiger partial charge in [-0.3, -0.25) is 0 Å². The lowest BCUT2D eigenvalue weighted by Gasteiger charge is -2.14. The number of hydrogen-bond acceptors (Lipinski definition) is 3. The molecule has 4 heteroatoms. The Hall–Kier alpha value is -2.65. The van der Waals surface area contributed by atoms with Gasteiger partial charge in [0, 0.05) is 22.7 Å². The zero-order valence-corrected chi connectivity index (χ0v) is 15.0. The Morgan fingerprint density at radius 3 is 2.24 bits per heavy atom. The molecule has 0 heterocycles. The van der Waals surface area contributed by atoms with E-state index in [0.29, 0.717) is 17.2 Å². The van der Waals surface area contributed by atoms with E-state index in [0.717, 1.165) is 33.7 Å². The average Bonchev–Trinajstić information content (AvgIpc) is 2.56. The topological polar surface area (TPSA) is 55.5 Å². The van der Waals surface area contributed by atoms with Crippen LogP contribution in [-0.4, -0.2) is 5.11 Å². The van der Waals surface area contributed by atoms with E-state index in [2.05, 4.69) is 0 Å². The zero-order valence-electron chi connectivity index (χ0n) is 14.2. The van der Waals surface area contributed by atoms with Gasteiger partial charge in [0.05, 0.1) is 0 Å². The minimum Gasteiger partial charge on any atom is -0.508 e. The van der Waals surface area contributed by atoms with Crippen LogP contribution in [0, 0.1) is 13.8 Å². The van der Waals surface area contributed by atoms with Crippen LogP contribution in [0.4, 0.5) is 5.69 Å². The fraction of sp³-hybridized carbons (Fsp3) is 0.143. The summed E-state index contributed by atoms with van der Waals surface area (Å²) in [5, 5.41) is 10.9. The van der Waals surface area contributed by atoms with Gasteiger partial charge in [0.25, 0.3) is 0 Å². The minimum absolute atomic E-state index is 0.244. The standard InChI is InChI=1S/C21H20ClNO2/c1-13-9-18(23)10-14(2)21(13)25-19-7-8-20(24)16(12-19)11-15-3-5-17(22)6-4-15/h3-10,12,24H,11,23H2,1-2H3. The van der Waals surface area contributed by atoms with E-state index in [1.807, 2.05) is 56.3 Å². The molecule has 0 saturated carbocycles. The molecule has 0 fully saturated rings. The quantitative estimate of drug-likeness (QED) is 0.598. The van der Waals surface area contributed by atoms with Gasteiger partial charge in [0.1, 0.15) is 17.2 Å². The molecule has 128 valence electrons. The molecule has 0 spiro atoms. The summed E-state index contributed by atoms with van der Waals surface area (Å²) >= 11 is 5.92. The van der Waals surface area contributed by atoms with Crippen LogP contribution >= 0.6 is 11.6 Å². The number of benzene rings is 3. The summed E-state index contributed by atoms with van der Waals surface area (Å²) in [5.74, 6) is 1.71. The maximum absolute atomic E-state index is 10.2. The highest BCUT2D eigenvalue weighted by Crippen LogP contribution is 2.33. The molecule has 25 heavy (non-hydrogen) atoms. The third-order valence-electron chi connectivity index (χ3n) is 4.06. The third-order valence-corrected chi connectivity index (χ3v) is 4.31. The highest BCUT2D eigenvalue weighted by molar-refractivity contribution is 6.30. The van der Waals surface area contributed by atoms with E-state index in [9.17, 15) is 5.11 Å². The highest BCUT2D eigenvalue weighted by atomic mass is 35.5. The van der Waals surface area contributed by atoms with Gasteiger partial charge in [-0.15, -0.1) is 0 Å². The van der Waals surface area contributed by atoms with Crippen molar-refractivity contribution in [1.29, 1.82) is 0 Å². The van der Waals surface area contributed by atoms with Gasteiger partial charge in [-0.2, -0.15) is 0 Å². The van der Waals surface area contributed by atoms with E-state index < -0.39 is 0 Å². The number of phenols is 1. The van der Waals surface area contributed by atoms with Crippen molar-refractivity contribution < 1.29 is 9.84 Å². The fourth-order valence-electron chi connectivity index (χ4n) is 2.85. The van der Waals surface area contributed by atoms with Crippen LogP contribution in [-0.2, 0) is 6.42 Å². The summed E-state index contributed by atoms with van der Waals surface area (Å²) in [4.78, 5) is 0. The lowest BCUT2D eigenvalue weighted by atomic mass is 10.0. The first-order chi connectivity index (χ1) is 11.9. The Morgan fingerprint density at radius 1 is 0.960 bits per heavy atom. The van der Waals surface area contributed by atoms with Crippen LogP contribution in [0.5, 0.6) is 17.2 Å². The third kappa shape index (κ3) is 4.06. The first-order valence-electron chi connectivity index (χ1n) is 8.03. The van der Waals surface area contributed by atoms with E-state index in [1.54, 1.807) is 12.1 Å². The average molecular weight is 354 g/mol. The van der Waals surface area contributed by atoms with Crippen molar-refractivity contribution in [3.8, 4) is 17.2 Å². The predicted octanol–water partition coefficient (Wildman–Crippen LogP) is 5.63. The van der Waals surface area contributed by atoms with Crippen molar-refractivity contribution in [1.82, 2.24) is 0 Å². The molecule has 3 aromatic carbocycles. The normalized spacial score (nSPS) is 10.7. The molecule has 0 saturated heterocycles. The van der Waals surface area contributed by atoms with Crippen LogP contribution in [0.2, 0.25) is 5.02 Å². The Bertz CT molecular complexity index is 881. The largest absolute Gasteiger partial charge is 0.508 e. The summed E-state index contributed by atoms with van der Waals surface area (Å²) < 4.78 is 6.06. The van der Waals surface area contributed by atoms with Crippen LogP contribution in [0.3, 0.4) is 0 Å². The van der Waals surface area contributed by atoms with E-state index in [-0.39, 0.29) is 5.75 Å². The Morgan fingerprint density at radius 2 is 1.60 bits per heavy atom. The second kappa shape index (κ2) is 7.08. The molecule has 0 amide bonds. The van der Waals surface area contributed by atoms with Crippen molar-refractivity contribution in [2.75, 3.05) is 5.73 Å². The number of phenolic OH excluding ortho intramolecular Hbond substituents is 1. The van der Waals surface area contributed by atoms with Gasteiger partial charge >= 0.3 is 0 Å². The first-order valence-corrected chi connectivity index (χ1v) is 8.41. The smallest absolute Gasteiger partial charge is 0.133 e. The number of halogens is 1. The first kappa shape index (κ1) is 17.2. The number of aryl methyl sites for hydroxylation is 2. The lowest BCUT2D eigenvalue weighted by Crippen LogP contribution is -1.95. The SMILES string of the molecule is Cc1cc(N)cc(C)c1Oc1ccc(O)c(Cc2ccc(Cl)cc2)c1. The van der Waals surface area contributed by atoms with Gasteiger partial charge in [0.15, 0.2) is 0 Å². The second-order valence-corrected chi connectivity index (χ2v) is 6.62. The van der Waals surface area contributed by atoms with Crippen molar-refractivity contribution in [3.05, 3.63) is 81.9 Å². The molecule has 0 aliphatic heterocycles. The van der Waals surface area contributed by atoms with E-state index >= 15 is 0 Å². The predicted molar refractivity (Wildman–Crippen MR) is 103 cm³/mol. The van der Waals surface area contributed by atoms with Gasteiger partial charge < -0.3 is 15.6 Å². The summed E-state index contributed by atoms with van der Waals surface area (Å²) in [7, 11) is 0. The molecule has 3 aromatic rings. The number of nitrogens with two attached hydrogens (primary N) is 1. The summed E-state index contributed by atoms with van der Waals surface area (Å²) in [6.07, 6.45) is 0.597. The van der Waals surface area contributed by atoms with Crippen molar-refractivity contribution >= 4 is 17.3 Å². The number of ether oxygens (including phenoxy) is 1. The van der Waals surface area contributed by atoms with Crippen LogP contribution < -0.4 is 10.5 Å². The maximum Gasteiger partial charge on any atom is 0.133 e. The minimum atomic E-state index is 0.244. The van der Waals surface area contributed by atoms with Crippen molar-refractivity contribution in [3.63, 3.8) is 0 Å². The molecule has 0 unspecified atom stereocenters. The van der Waals surface area contributed by atoms with Gasteiger partial charge in [-0.05, 0) is 73.0 Å². The van der Waals surface area contributed by atoms with Crippen LogP contribution in [0.15, 0.2) is 54.6 Å². The number of hydrogen-bond donors (Lipinski definition) is 2. The Balaban J connectivity index is 1.88. The maximum atomic E-state index is 10.2. The van der Waals surface area contributed by atoms with E-state index in [1.165, 1.54) is 0 Å². The number of nitrogen functional groups attached to an aromatic ring is 1. The molecular weight excluding hydrogens is 334 g/mol. The molecule has 0 radical (unpaired) electrons. The molecule has 0 bridgehead atoms. The van der Waals surface area contributed by atoms with E-state index in [4.69, 9.17) is 22.1 Å². The monoisotopic (exact) mass is 353 g/mol. The molecule has 3 rings (SSSR count). The second-order valence-electron chi connectivity index (χ2n) is 6.18. The Kier molecular flexibility index (Phi) is 4.86. The highest BCUT2D eigenvalue weighted by Gasteiger charge is 2.10. The van der Waals surface area contributed by atoms with Crippen molar-refractivity contribution in [2.45, 2.75) is 20.3 Å². The van der Waals surface area contributed by atoms with Gasteiger partial charge in [-0.25, -0.2) is 0 Å². The van der Waals surface area contributed by atoms with Crippen molar-refractivity contribution in [2.24, 2.45) is 0 Å². The fourth-order valence-corrected chi connectivity index (χ4v) is 2.98. The van der Waals surface area contributed by atoms with Crippen LogP contribution in [0.25, 0.3) is 0 Å². The molecular formula is C21H20ClNO2. The van der Waals surface area contributed by atoms with Gasteiger partial charge in [-0.1, -0.05) is 23.7 Å². The summed E-state index contributed by atoms with van der Waals surface area (Å²) in [6.45, 7) is 3.93. The number of rotatable bonds is 4. The number of aromatic hydroxyl groups is 1.